The topological polar surface area (TPSA) is 105 Å². The van der Waals surface area contributed by atoms with Gasteiger partial charge in [0.1, 0.15) is 0 Å². The molecular weight excluding hydrogens is 408 g/mol. The van der Waals surface area contributed by atoms with Crippen molar-refractivity contribution in [2.45, 2.75) is 36.7 Å². The molecule has 3 aliphatic heterocycles. The summed E-state index contributed by atoms with van der Waals surface area (Å²) in [6.07, 6.45) is 1.02. The highest BCUT2D eigenvalue weighted by atomic mass is 32.2. The van der Waals surface area contributed by atoms with Gasteiger partial charge < -0.3 is 19.5 Å². The minimum Gasteiger partial charge on any atom is -0.454 e. The Balaban J connectivity index is 1.27. The van der Waals surface area contributed by atoms with Crippen molar-refractivity contribution in [2.75, 3.05) is 24.8 Å². The van der Waals surface area contributed by atoms with Gasteiger partial charge in [-0.1, -0.05) is 6.07 Å². The zero-order valence-electron chi connectivity index (χ0n) is 16.3. The van der Waals surface area contributed by atoms with Crippen LogP contribution in [0, 0.1) is 0 Å². The molecule has 0 aromatic heterocycles. The van der Waals surface area contributed by atoms with E-state index in [0.29, 0.717) is 42.9 Å². The molecule has 3 heterocycles. The quantitative estimate of drug-likeness (QED) is 0.722. The number of rotatable bonds is 6. The zero-order valence-corrected chi connectivity index (χ0v) is 17.1. The molecule has 1 unspecified atom stereocenters. The summed E-state index contributed by atoms with van der Waals surface area (Å²) in [6.45, 7) is 0.859. The number of aliphatic hydroxyl groups is 1. The van der Waals surface area contributed by atoms with Gasteiger partial charge in [-0.2, -0.15) is 0 Å². The van der Waals surface area contributed by atoms with E-state index in [0.717, 1.165) is 16.8 Å². The van der Waals surface area contributed by atoms with Crippen LogP contribution in [0.25, 0.3) is 0 Å². The van der Waals surface area contributed by atoms with E-state index >= 15 is 0 Å². The average Bonchev–Trinajstić information content (AvgIpc) is 3.37. The monoisotopic (exact) mass is 430 g/mol. The summed E-state index contributed by atoms with van der Waals surface area (Å²) in [5.41, 5.74) is 3.35. The number of amides is 1. The van der Waals surface area contributed by atoms with Gasteiger partial charge >= 0.3 is 0 Å². The van der Waals surface area contributed by atoms with Gasteiger partial charge in [0.15, 0.2) is 11.5 Å². The van der Waals surface area contributed by atoms with E-state index in [2.05, 4.69) is 4.72 Å². The lowest BCUT2D eigenvalue weighted by atomic mass is 10.00. The predicted octanol–water partition coefficient (Wildman–Crippen LogP) is 1.65. The van der Waals surface area contributed by atoms with Crippen molar-refractivity contribution < 1.29 is 27.8 Å². The second kappa shape index (κ2) is 7.26. The Hall–Kier alpha value is -2.62. The second-order valence-electron chi connectivity index (χ2n) is 7.70. The summed E-state index contributed by atoms with van der Waals surface area (Å²) in [6, 6.07) is 8.51. The Morgan fingerprint density at radius 1 is 1.07 bits per heavy atom. The maximum Gasteiger partial charge on any atom is 0.240 e. The number of nitrogens with one attached hydrogen (secondary N) is 1. The molecule has 3 aliphatic rings. The van der Waals surface area contributed by atoms with Crippen LogP contribution in [-0.4, -0.2) is 39.3 Å². The molecule has 0 saturated heterocycles. The molecule has 2 aromatic carbocycles. The number of aryl methyl sites for hydroxylation is 1. The van der Waals surface area contributed by atoms with Crippen molar-refractivity contribution in [3.63, 3.8) is 0 Å². The number of anilines is 1. The number of ether oxygens (including phenoxy) is 2. The standard InChI is InChI=1S/C21H22N2O6S/c24-17(13-1-3-18-19(11-13)29-12-28-18)5-7-22-30(26,27)16-9-14-2-4-20(25)23-8-6-15(10-16)21(14)23/h1,3,9-11,17,22,24H,2,4-8,12H2. The van der Waals surface area contributed by atoms with Gasteiger partial charge in [0.25, 0.3) is 0 Å². The van der Waals surface area contributed by atoms with E-state index in [4.69, 9.17) is 9.47 Å². The SMILES string of the molecule is O=C1CCc2cc(S(=O)(=O)NCCC(O)c3ccc4c(c3)OCO4)cc3c2N1CC3. The van der Waals surface area contributed by atoms with Crippen LogP contribution in [0.15, 0.2) is 35.2 Å². The van der Waals surface area contributed by atoms with Crippen LogP contribution in [0.1, 0.15) is 35.6 Å². The first kappa shape index (κ1) is 19.3. The van der Waals surface area contributed by atoms with Crippen molar-refractivity contribution in [3.05, 3.63) is 47.0 Å². The second-order valence-corrected chi connectivity index (χ2v) is 9.47. The maximum absolute atomic E-state index is 12.8. The first-order valence-corrected chi connectivity index (χ1v) is 11.4. The van der Waals surface area contributed by atoms with Gasteiger partial charge in [0.05, 0.1) is 16.7 Å². The van der Waals surface area contributed by atoms with Crippen LogP contribution in [0.4, 0.5) is 5.69 Å². The molecule has 0 bridgehead atoms. The smallest absolute Gasteiger partial charge is 0.240 e. The van der Waals surface area contributed by atoms with Crippen molar-refractivity contribution in [1.82, 2.24) is 4.72 Å². The predicted molar refractivity (Wildman–Crippen MR) is 108 cm³/mol. The van der Waals surface area contributed by atoms with Crippen LogP contribution in [0.5, 0.6) is 11.5 Å². The number of hydrogen-bond donors (Lipinski definition) is 2. The molecule has 8 nitrogen and oxygen atoms in total. The summed E-state index contributed by atoms with van der Waals surface area (Å²) in [5.74, 6) is 1.31. The summed E-state index contributed by atoms with van der Waals surface area (Å²) in [5, 5.41) is 10.4. The summed E-state index contributed by atoms with van der Waals surface area (Å²) >= 11 is 0. The highest BCUT2D eigenvalue weighted by molar-refractivity contribution is 7.89. The fraction of sp³-hybridized carbons (Fsp3) is 0.381. The molecule has 2 N–H and O–H groups in total. The highest BCUT2D eigenvalue weighted by Crippen LogP contribution is 2.38. The molecule has 5 rings (SSSR count). The molecule has 1 amide bonds. The largest absolute Gasteiger partial charge is 0.454 e. The normalized spacial score (nSPS) is 17.9. The van der Waals surface area contributed by atoms with Gasteiger partial charge in [-0.05, 0) is 60.2 Å². The summed E-state index contributed by atoms with van der Waals surface area (Å²) in [7, 11) is -3.72. The lowest BCUT2D eigenvalue weighted by Crippen LogP contribution is -2.33. The molecule has 0 spiro atoms. The Bertz CT molecular complexity index is 1130. The summed E-state index contributed by atoms with van der Waals surface area (Å²) < 4.78 is 38.8. The lowest BCUT2D eigenvalue weighted by Gasteiger charge is -2.25. The Morgan fingerprint density at radius 3 is 2.67 bits per heavy atom. The van der Waals surface area contributed by atoms with E-state index in [1.165, 1.54) is 0 Å². The van der Waals surface area contributed by atoms with Crippen molar-refractivity contribution >= 4 is 21.6 Å². The first-order valence-electron chi connectivity index (χ1n) is 9.96. The Labute approximate surface area is 174 Å². The molecule has 0 fully saturated rings. The van der Waals surface area contributed by atoms with Crippen LogP contribution < -0.4 is 19.1 Å². The van der Waals surface area contributed by atoms with E-state index in [1.54, 1.807) is 35.2 Å². The van der Waals surface area contributed by atoms with E-state index in [-0.39, 0.29) is 30.6 Å². The average molecular weight is 430 g/mol. The number of benzene rings is 2. The number of fused-ring (bicyclic) bond motifs is 1. The van der Waals surface area contributed by atoms with Gasteiger partial charge in [-0.15, -0.1) is 0 Å². The van der Waals surface area contributed by atoms with Gasteiger partial charge in [0.2, 0.25) is 22.7 Å². The lowest BCUT2D eigenvalue weighted by molar-refractivity contribution is -0.118. The van der Waals surface area contributed by atoms with E-state index in [1.807, 2.05) is 0 Å². The molecule has 0 aliphatic carbocycles. The molecule has 9 heteroatoms. The number of sulfonamides is 1. The van der Waals surface area contributed by atoms with Crippen molar-refractivity contribution in [1.29, 1.82) is 0 Å². The minimum atomic E-state index is -3.72. The Morgan fingerprint density at radius 2 is 1.83 bits per heavy atom. The summed E-state index contributed by atoms with van der Waals surface area (Å²) in [4.78, 5) is 14.0. The molecule has 0 saturated carbocycles. The fourth-order valence-corrected chi connectivity index (χ4v) is 5.43. The fourth-order valence-electron chi connectivity index (χ4n) is 4.28. The van der Waals surface area contributed by atoms with Gasteiger partial charge in [-0.3, -0.25) is 4.79 Å². The minimum absolute atomic E-state index is 0.0922. The third-order valence-electron chi connectivity index (χ3n) is 5.83. The number of carbonyl (C=O) groups is 1. The van der Waals surface area contributed by atoms with Crippen LogP contribution >= 0.6 is 0 Å². The molecule has 158 valence electrons. The van der Waals surface area contributed by atoms with Crippen LogP contribution in [-0.2, 0) is 27.7 Å². The molecule has 30 heavy (non-hydrogen) atoms. The molecule has 0 radical (unpaired) electrons. The first-order chi connectivity index (χ1) is 14.4. The van der Waals surface area contributed by atoms with Gasteiger partial charge in [-0.25, -0.2) is 13.1 Å². The zero-order chi connectivity index (χ0) is 20.9. The van der Waals surface area contributed by atoms with E-state index in [9.17, 15) is 18.3 Å². The maximum atomic E-state index is 12.8. The third-order valence-corrected chi connectivity index (χ3v) is 7.27. The van der Waals surface area contributed by atoms with Crippen molar-refractivity contribution in [3.8, 4) is 11.5 Å². The number of carbonyl (C=O) groups excluding carboxylic acids is 1. The van der Waals surface area contributed by atoms with E-state index < -0.39 is 16.1 Å². The number of aliphatic hydroxyl groups excluding tert-OH is 1. The Kier molecular flexibility index (Phi) is 4.68. The van der Waals surface area contributed by atoms with Crippen molar-refractivity contribution in [2.24, 2.45) is 0 Å². The van der Waals surface area contributed by atoms with Crippen LogP contribution in [0.3, 0.4) is 0 Å². The molecule has 2 aromatic rings. The highest BCUT2D eigenvalue weighted by Gasteiger charge is 2.32. The molecular formula is C21H22N2O6S. The number of hydrogen-bond acceptors (Lipinski definition) is 6. The molecule has 1 atom stereocenters. The van der Waals surface area contributed by atoms with Crippen LogP contribution in [0.2, 0.25) is 0 Å². The van der Waals surface area contributed by atoms with Gasteiger partial charge in [0, 0.05) is 19.5 Å². The number of nitrogens with zero attached hydrogens (tertiary/aromatic N) is 1. The third kappa shape index (κ3) is 3.32.